The Labute approximate surface area is 182 Å². The van der Waals surface area contributed by atoms with E-state index in [-0.39, 0.29) is 18.2 Å². The lowest BCUT2D eigenvalue weighted by Gasteiger charge is -2.39. The molecule has 0 aliphatic carbocycles. The van der Waals surface area contributed by atoms with Crippen molar-refractivity contribution in [1.29, 1.82) is 0 Å². The maximum Gasteiger partial charge on any atom is 0.257 e. The lowest BCUT2D eigenvalue weighted by Crippen LogP contribution is -2.54. The summed E-state index contributed by atoms with van der Waals surface area (Å²) in [4.78, 5) is 42.3. The van der Waals surface area contributed by atoms with E-state index in [1.165, 1.54) is 24.0 Å². The van der Waals surface area contributed by atoms with E-state index < -0.39 is 17.5 Å². The Kier molecular flexibility index (Phi) is 6.06. The van der Waals surface area contributed by atoms with Crippen LogP contribution in [0.5, 0.6) is 11.5 Å². The van der Waals surface area contributed by atoms with Gasteiger partial charge in [0.2, 0.25) is 5.91 Å². The van der Waals surface area contributed by atoms with Crippen molar-refractivity contribution >= 4 is 23.4 Å². The highest BCUT2D eigenvalue weighted by molar-refractivity contribution is 6.23. The Morgan fingerprint density at radius 3 is 2.16 bits per heavy atom. The van der Waals surface area contributed by atoms with Crippen LogP contribution in [0.25, 0.3) is 0 Å². The summed E-state index contributed by atoms with van der Waals surface area (Å²) in [5.41, 5.74) is 1.19. The summed E-state index contributed by atoms with van der Waals surface area (Å²) < 4.78 is 10.6. The molecule has 1 heterocycles. The third-order valence-corrected chi connectivity index (χ3v) is 5.30. The molecule has 2 aromatic rings. The van der Waals surface area contributed by atoms with E-state index in [1.807, 2.05) is 39.8 Å². The van der Waals surface area contributed by atoms with Gasteiger partial charge in [-0.1, -0.05) is 17.7 Å². The zero-order valence-electron chi connectivity index (χ0n) is 18.8. The minimum Gasteiger partial charge on any atom is -0.493 e. The van der Waals surface area contributed by atoms with Crippen LogP contribution < -0.4 is 14.4 Å². The van der Waals surface area contributed by atoms with Gasteiger partial charge in [-0.3, -0.25) is 14.4 Å². The van der Waals surface area contributed by atoms with Crippen LogP contribution in [0.4, 0.5) is 5.69 Å². The summed E-state index contributed by atoms with van der Waals surface area (Å²) in [6, 6.07) is 11.1. The smallest absolute Gasteiger partial charge is 0.257 e. The maximum atomic E-state index is 13.5. The Hall–Kier alpha value is -3.35. The second-order valence-corrected chi connectivity index (χ2v) is 8.54. The number of rotatable bonds is 5. The van der Waals surface area contributed by atoms with Crippen molar-refractivity contribution in [2.24, 2.45) is 0 Å². The van der Waals surface area contributed by atoms with Crippen LogP contribution in [0.15, 0.2) is 42.5 Å². The molecule has 0 aromatic heterocycles. The van der Waals surface area contributed by atoms with Crippen LogP contribution in [0, 0.1) is 6.92 Å². The Morgan fingerprint density at radius 1 is 1.00 bits per heavy atom. The fraction of sp³-hybridized carbons (Fsp3) is 0.375. The first kappa shape index (κ1) is 22.3. The monoisotopic (exact) mass is 424 g/mol. The summed E-state index contributed by atoms with van der Waals surface area (Å²) in [5.74, 6) is -0.174. The van der Waals surface area contributed by atoms with Crippen molar-refractivity contribution in [3.8, 4) is 11.5 Å². The summed E-state index contributed by atoms with van der Waals surface area (Å²) in [5, 5.41) is 0. The van der Waals surface area contributed by atoms with Crippen LogP contribution in [-0.4, -0.2) is 48.4 Å². The van der Waals surface area contributed by atoms with Gasteiger partial charge in [-0.25, -0.2) is 4.90 Å². The minimum absolute atomic E-state index is 0.0665. The van der Waals surface area contributed by atoms with E-state index in [1.54, 1.807) is 30.3 Å². The lowest BCUT2D eigenvalue weighted by atomic mass is 9.99. The quantitative estimate of drug-likeness (QED) is 0.686. The Balaban J connectivity index is 1.98. The first-order chi connectivity index (χ1) is 14.6. The SMILES string of the molecule is COc1ccc(C(=O)N(C2CC(=O)N(c3ccc(C)cc3)C2=O)C(C)(C)C)cc1OC. The number of anilines is 1. The molecule has 31 heavy (non-hydrogen) atoms. The lowest BCUT2D eigenvalue weighted by molar-refractivity contribution is -0.123. The van der Waals surface area contributed by atoms with Gasteiger partial charge in [0.1, 0.15) is 6.04 Å². The van der Waals surface area contributed by atoms with Crippen molar-refractivity contribution in [3.05, 3.63) is 53.6 Å². The van der Waals surface area contributed by atoms with Gasteiger partial charge in [-0.05, 0) is 58.0 Å². The number of nitrogens with zero attached hydrogens (tertiary/aromatic N) is 2. The maximum absolute atomic E-state index is 13.5. The van der Waals surface area contributed by atoms with Crippen LogP contribution in [0.3, 0.4) is 0 Å². The van der Waals surface area contributed by atoms with Gasteiger partial charge in [-0.15, -0.1) is 0 Å². The third-order valence-electron chi connectivity index (χ3n) is 5.30. The average Bonchev–Trinajstić information content (AvgIpc) is 3.00. The van der Waals surface area contributed by atoms with Gasteiger partial charge in [0.15, 0.2) is 11.5 Å². The normalized spacial score (nSPS) is 16.5. The predicted octanol–water partition coefficient (Wildman–Crippen LogP) is 3.59. The fourth-order valence-electron chi connectivity index (χ4n) is 3.80. The molecular formula is C24H28N2O5. The van der Waals surface area contributed by atoms with Crippen molar-refractivity contribution in [2.45, 2.75) is 45.7 Å². The van der Waals surface area contributed by atoms with E-state index in [2.05, 4.69) is 0 Å². The van der Waals surface area contributed by atoms with E-state index >= 15 is 0 Å². The summed E-state index contributed by atoms with van der Waals surface area (Å²) in [6.07, 6.45) is -0.0665. The predicted molar refractivity (Wildman–Crippen MR) is 118 cm³/mol. The number of ether oxygens (including phenoxy) is 2. The molecule has 1 aliphatic rings. The van der Waals surface area contributed by atoms with Gasteiger partial charge in [0, 0.05) is 11.1 Å². The van der Waals surface area contributed by atoms with E-state index in [4.69, 9.17) is 9.47 Å². The molecule has 3 amide bonds. The van der Waals surface area contributed by atoms with Gasteiger partial charge in [0.25, 0.3) is 11.8 Å². The van der Waals surface area contributed by atoms with Gasteiger partial charge in [0.05, 0.1) is 26.3 Å². The highest BCUT2D eigenvalue weighted by Gasteiger charge is 2.47. The molecule has 1 atom stereocenters. The number of hydrogen-bond donors (Lipinski definition) is 0. The second kappa shape index (κ2) is 8.41. The van der Waals surface area contributed by atoms with E-state index in [9.17, 15) is 14.4 Å². The second-order valence-electron chi connectivity index (χ2n) is 8.54. The number of carbonyl (C=O) groups is 3. The molecule has 0 bridgehead atoms. The minimum atomic E-state index is -0.894. The molecule has 1 aliphatic heterocycles. The number of aryl methyl sites for hydroxylation is 1. The number of benzene rings is 2. The van der Waals surface area contributed by atoms with Crippen LogP contribution >= 0.6 is 0 Å². The molecule has 0 spiro atoms. The number of methoxy groups -OCH3 is 2. The van der Waals surface area contributed by atoms with E-state index in [0.29, 0.717) is 22.7 Å². The molecule has 3 rings (SSSR count). The summed E-state index contributed by atoms with van der Waals surface area (Å²) >= 11 is 0. The number of imide groups is 1. The van der Waals surface area contributed by atoms with Gasteiger partial charge >= 0.3 is 0 Å². The molecule has 2 aromatic carbocycles. The Morgan fingerprint density at radius 2 is 1.61 bits per heavy atom. The zero-order chi connectivity index (χ0) is 22.9. The molecule has 1 saturated heterocycles. The first-order valence-corrected chi connectivity index (χ1v) is 10.1. The summed E-state index contributed by atoms with van der Waals surface area (Å²) in [7, 11) is 3.01. The third kappa shape index (κ3) is 4.26. The van der Waals surface area contributed by atoms with Crippen molar-refractivity contribution in [1.82, 2.24) is 4.90 Å². The molecule has 1 unspecified atom stereocenters. The molecule has 164 valence electrons. The zero-order valence-corrected chi connectivity index (χ0v) is 18.8. The first-order valence-electron chi connectivity index (χ1n) is 10.1. The largest absolute Gasteiger partial charge is 0.493 e. The molecular weight excluding hydrogens is 396 g/mol. The molecule has 0 radical (unpaired) electrons. The highest BCUT2D eigenvalue weighted by atomic mass is 16.5. The number of carbonyl (C=O) groups excluding carboxylic acids is 3. The average molecular weight is 424 g/mol. The van der Waals surface area contributed by atoms with Crippen molar-refractivity contribution in [2.75, 3.05) is 19.1 Å². The number of amides is 3. The van der Waals surface area contributed by atoms with Gasteiger partial charge < -0.3 is 14.4 Å². The van der Waals surface area contributed by atoms with Crippen LogP contribution in [0.2, 0.25) is 0 Å². The van der Waals surface area contributed by atoms with Crippen LogP contribution in [-0.2, 0) is 9.59 Å². The van der Waals surface area contributed by atoms with E-state index in [0.717, 1.165) is 5.56 Å². The Bertz CT molecular complexity index is 1010. The van der Waals surface area contributed by atoms with Gasteiger partial charge in [-0.2, -0.15) is 0 Å². The molecule has 7 heteroatoms. The van der Waals surface area contributed by atoms with Crippen LogP contribution in [0.1, 0.15) is 43.1 Å². The summed E-state index contributed by atoms with van der Waals surface area (Å²) in [6.45, 7) is 7.47. The highest BCUT2D eigenvalue weighted by Crippen LogP contribution is 2.33. The molecule has 1 fully saturated rings. The van der Waals surface area contributed by atoms with Crippen molar-refractivity contribution in [3.63, 3.8) is 0 Å². The fourth-order valence-corrected chi connectivity index (χ4v) is 3.80. The van der Waals surface area contributed by atoms with Crippen molar-refractivity contribution < 1.29 is 23.9 Å². The number of hydrogen-bond acceptors (Lipinski definition) is 5. The molecule has 0 N–H and O–H groups in total. The topological polar surface area (TPSA) is 76.2 Å². The standard InChI is InChI=1S/C24H28N2O5/c1-15-7-10-17(11-8-15)25-21(27)14-18(23(25)29)26(24(2,3)4)22(28)16-9-12-19(30-5)20(13-16)31-6/h7-13,18H,14H2,1-6H3. The molecule has 0 saturated carbocycles. The molecule has 7 nitrogen and oxygen atoms in total.